The Morgan fingerprint density at radius 2 is 2.12 bits per heavy atom. The number of allylic oxidation sites excluding steroid dienone is 3. The van der Waals surface area contributed by atoms with Crippen LogP contribution in [0.2, 0.25) is 0 Å². The predicted octanol–water partition coefficient (Wildman–Crippen LogP) is 0.691. The second-order valence-electron chi connectivity index (χ2n) is 3.48. The summed E-state index contributed by atoms with van der Waals surface area (Å²) in [4.78, 5) is 13.5. The van der Waals surface area contributed by atoms with Crippen molar-refractivity contribution in [1.29, 1.82) is 0 Å². The van der Waals surface area contributed by atoms with Crippen LogP contribution in [0.15, 0.2) is 37.1 Å². The summed E-state index contributed by atoms with van der Waals surface area (Å²) in [5, 5.41) is 3.19. The molecule has 4 nitrogen and oxygen atoms in total. The molecule has 0 aliphatic carbocycles. The maximum atomic E-state index is 11.7. The largest absolute Gasteiger partial charge is 0.484 e. The number of nitrogens with one attached hydrogen (secondary N) is 1. The predicted molar refractivity (Wildman–Crippen MR) is 63.9 cm³/mol. The first-order chi connectivity index (χ1) is 7.74. The van der Waals surface area contributed by atoms with Crippen molar-refractivity contribution in [3.8, 4) is 0 Å². The minimum atomic E-state index is 0.00894. The summed E-state index contributed by atoms with van der Waals surface area (Å²) in [6.45, 7) is 10.5. The molecule has 1 rings (SSSR count). The van der Waals surface area contributed by atoms with Crippen LogP contribution in [-0.4, -0.2) is 43.6 Å². The van der Waals surface area contributed by atoms with Gasteiger partial charge in [-0.1, -0.05) is 25.3 Å². The van der Waals surface area contributed by atoms with E-state index in [2.05, 4.69) is 18.5 Å². The summed E-state index contributed by atoms with van der Waals surface area (Å²) in [5.74, 6) is 0.484. The number of nitrogens with zero attached hydrogens (tertiary/aromatic N) is 1. The lowest BCUT2D eigenvalue weighted by Gasteiger charge is -2.27. The van der Waals surface area contributed by atoms with Crippen molar-refractivity contribution in [2.75, 3.05) is 32.8 Å². The monoisotopic (exact) mass is 222 g/mol. The van der Waals surface area contributed by atoms with Gasteiger partial charge in [-0.25, -0.2) is 0 Å². The number of amides is 1. The maximum Gasteiger partial charge on any atom is 0.260 e. The van der Waals surface area contributed by atoms with Crippen LogP contribution in [0.3, 0.4) is 0 Å². The Kier molecular flexibility index (Phi) is 5.36. The van der Waals surface area contributed by atoms with Gasteiger partial charge in [-0.05, 0) is 6.08 Å². The minimum Gasteiger partial charge on any atom is -0.484 e. The summed E-state index contributed by atoms with van der Waals surface area (Å²) >= 11 is 0. The molecule has 16 heavy (non-hydrogen) atoms. The molecule has 0 spiro atoms. The molecule has 0 aromatic carbocycles. The third-order valence-electron chi connectivity index (χ3n) is 2.27. The molecule has 0 radical (unpaired) electrons. The number of carbonyl (C=O) groups excluding carboxylic acids is 1. The number of ether oxygens (including phenoxy) is 1. The van der Waals surface area contributed by atoms with Gasteiger partial charge in [0.15, 0.2) is 6.61 Å². The highest BCUT2D eigenvalue weighted by Gasteiger charge is 2.16. The van der Waals surface area contributed by atoms with E-state index in [9.17, 15) is 4.79 Å². The first-order valence-electron chi connectivity index (χ1n) is 5.33. The standard InChI is InChI=1S/C12H18N2O2/c1-3-4-5-11(2)16-10-12(15)14-8-6-13-7-9-14/h3-5,13H,1-2,6-10H2/b5-4-. The first-order valence-corrected chi connectivity index (χ1v) is 5.33. The van der Waals surface area contributed by atoms with E-state index in [1.54, 1.807) is 23.1 Å². The van der Waals surface area contributed by atoms with E-state index < -0.39 is 0 Å². The van der Waals surface area contributed by atoms with Crippen LogP contribution in [0.4, 0.5) is 0 Å². The van der Waals surface area contributed by atoms with E-state index in [1.165, 1.54) is 0 Å². The molecule has 1 aliphatic heterocycles. The Bertz CT molecular complexity index is 291. The number of rotatable bonds is 5. The average Bonchev–Trinajstić information content (AvgIpc) is 2.34. The van der Waals surface area contributed by atoms with Crippen LogP contribution in [0.25, 0.3) is 0 Å². The van der Waals surface area contributed by atoms with Crippen LogP contribution in [0.1, 0.15) is 0 Å². The van der Waals surface area contributed by atoms with Crippen molar-refractivity contribution < 1.29 is 9.53 Å². The van der Waals surface area contributed by atoms with Crippen molar-refractivity contribution in [3.05, 3.63) is 37.1 Å². The highest BCUT2D eigenvalue weighted by molar-refractivity contribution is 5.77. The first kappa shape index (κ1) is 12.5. The highest BCUT2D eigenvalue weighted by atomic mass is 16.5. The Balaban J connectivity index is 2.25. The Morgan fingerprint density at radius 1 is 1.44 bits per heavy atom. The van der Waals surface area contributed by atoms with Crippen molar-refractivity contribution >= 4 is 5.91 Å². The van der Waals surface area contributed by atoms with Crippen LogP contribution in [-0.2, 0) is 9.53 Å². The summed E-state index contributed by atoms with van der Waals surface area (Å²) in [5.41, 5.74) is 0. The zero-order valence-corrected chi connectivity index (χ0v) is 9.45. The summed E-state index contributed by atoms with van der Waals surface area (Å²) < 4.78 is 5.22. The quantitative estimate of drug-likeness (QED) is 0.549. The molecule has 1 amide bonds. The normalized spacial score (nSPS) is 16.1. The average molecular weight is 222 g/mol. The minimum absolute atomic E-state index is 0.00894. The molecule has 4 heteroatoms. The molecule has 0 aromatic rings. The van der Waals surface area contributed by atoms with Crippen LogP contribution in [0.5, 0.6) is 0 Å². The van der Waals surface area contributed by atoms with E-state index >= 15 is 0 Å². The molecule has 0 atom stereocenters. The summed E-state index contributed by atoms with van der Waals surface area (Å²) in [6.07, 6.45) is 5.03. The van der Waals surface area contributed by atoms with Gasteiger partial charge >= 0.3 is 0 Å². The zero-order chi connectivity index (χ0) is 11.8. The molecule has 1 aliphatic rings. The molecule has 1 N–H and O–H groups in total. The smallest absolute Gasteiger partial charge is 0.260 e. The number of hydrogen-bond donors (Lipinski definition) is 1. The number of piperazine rings is 1. The van der Waals surface area contributed by atoms with Crippen LogP contribution < -0.4 is 5.32 Å². The second kappa shape index (κ2) is 6.85. The Hall–Kier alpha value is -1.55. The lowest BCUT2D eigenvalue weighted by molar-refractivity contribution is -0.135. The topological polar surface area (TPSA) is 41.6 Å². The van der Waals surface area contributed by atoms with Gasteiger partial charge in [-0.3, -0.25) is 4.79 Å². The molecule has 88 valence electrons. The van der Waals surface area contributed by atoms with Gasteiger partial charge in [0.2, 0.25) is 0 Å². The van der Waals surface area contributed by atoms with Gasteiger partial charge in [-0.15, -0.1) is 0 Å². The number of carbonyl (C=O) groups is 1. The summed E-state index contributed by atoms with van der Waals surface area (Å²) in [6, 6.07) is 0. The van der Waals surface area contributed by atoms with Gasteiger partial charge in [0.25, 0.3) is 5.91 Å². The molecule has 0 unspecified atom stereocenters. The van der Waals surface area contributed by atoms with E-state index in [0.717, 1.165) is 26.2 Å². The van der Waals surface area contributed by atoms with Crippen LogP contribution in [0, 0.1) is 0 Å². The van der Waals surface area contributed by atoms with E-state index in [1.807, 2.05) is 0 Å². The van der Waals surface area contributed by atoms with Crippen LogP contribution >= 0.6 is 0 Å². The van der Waals surface area contributed by atoms with Gasteiger partial charge in [0.1, 0.15) is 5.76 Å². The molecule has 1 heterocycles. The van der Waals surface area contributed by atoms with Gasteiger partial charge in [-0.2, -0.15) is 0 Å². The fourth-order valence-corrected chi connectivity index (χ4v) is 1.38. The van der Waals surface area contributed by atoms with Gasteiger partial charge < -0.3 is 15.0 Å². The van der Waals surface area contributed by atoms with E-state index in [0.29, 0.717) is 5.76 Å². The molecular formula is C12H18N2O2. The third-order valence-corrected chi connectivity index (χ3v) is 2.27. The van der Waals surface area contributed by atoms with Gasteiger partial charge in [0.05, 0.1) is 0 Å². The summed E-state index contributed by atoms with van der Waals surface area (Å²) in [7, 11) is 0. The number of hydrogen-bond acceptors (Lipinski definition) is 3. The van der Waals surface area contributed by atoms with Crippen molar-refractivity contribution in [3.63, 3.8) is 0 Å². The molecule has 0 saturated carbocycles. The molecule has 0 bridgehead atoms. The molecule has 1 saturated heterocycles. The second-order valence-corrected chi connectivity index (χ2v) is 3.48. The zero-order valence-electron chi connectivity index (χ0n) is 9.45. The SMILES string of the molecule is C=C/C=C\C(=C)OCC(=O)N1CCNCC1. The molecular weight excluding hydrogens is 204 g/mol. The Labute approximate surface area is 96.3 Å². The van der Waals surface area contributed by atoms with Crippen molar-refractivity contribution in [2.24, 2.45) is 0 Å². The maximum absolute atomic E-state index is 11.7. The van der Waals surface area contributed by atoms with Crippen molar-refractivity contribution in [2.45, 2.75) is 0 Å². The van der Waals surface area contributed by atoms with E-state index in [4.69, 9.17) is 4.74 Å². The van der Waals surface area contributed by atoms with Gasteiger partial charge in [0, 0.05) is 26.2 Å². The fraction of sp³-hybridized carbons (Fsp3) is 0.417. The Morgan fingerprint density at radius 3 is 2.75 bits per heavy atom. The van der Waals surface area contributed by atoms with E-state index in [-0.39, 0.29) is 12.5 Å². The molecule has 0 aromatic heterocycles. The molecule has 1 fully saturated rings. The lowest BCUT2D eigenvalue weighted by Crippen LogP contribution is -2.47. The van der Waals surface area contributed by atoms with Crippen molar-refractivity contribution in [1.82, 2.24) is 10.2 Å². The lowest BCUT2D eigenvalue weighted by atomic mass is 10.3. The third kappa shape index (κ3) is 4.31. The fourth-order valence-electron chi connectivity index (χ4n) is 1.38. The highest BCUT2D eigenvalue weighted by Crippen LogP contribution is 1.99.